The van der Waals surface area contributed by atoms with Crippen molar-refractivity contribution in [2.24, 2.45) is 17.6 Å². The molecule has 0 aromatic rings. The molecule has 0 heterocycles. The molecule has 0 bridgehead atoms. The molecule has 2 aliphatic carbocycles. The smallest absolute Gasteiger partial charge is 0.227 e. The average molecular weight is 194 g/mol. The molecule has 2 rings (SSSR count). The Kier molecular flexibility index (Phi) is 2.87. The first kappa shape index (κ1) is 9.71. The van der Waals surface area contributed by atoms with Crippen LogP contribution in [-0.2, 0) is 4.79 Å². The van der Waals surface area contributed by atoms with Gasteiger partial charge in [-0.2, -0.15) is 0 Å². The summed E-state index contributed by atoms with van der Waals surface area (Å²) in [5, 5.41) is 3.00. The highest BCUT2D eigenvalue weighted by Gasteiger charge is 2.24. The second-order valence-electron chi connectivity index (χ2n) is 4.43. The summed E-state index contributed by atoms with van der Waals surface area (Å²) < 4.78 is 0. The molecular formula is C11H18N2O. The van der Waals surface area contributed by atoms with E-state index >= 15 is 0 Å². The van der Waals surface area contributed by atoms with Crippen molar-refractivity contribution < 1.29 is 4.79 Å². The van der Waals surface area contributed by atoms with Crippen LogP contribution in [0, 0.1) is 11.8 Å². The third kappa shape index (κ3) is 2.15. The van der Waals surface area contributed by atoms with E-state index in [0.29, 0.717) is 0 Å². The summed E-state index contributed by atoms with van der Waals surface area (Å²) in [6.45, 7) is 0.860. The summed E-state index contributed by atoms with van der Waals surface area (Å²) in [5.74, 6) is 0.907. The van der Waals surface area contributed by atoms with E-state index in [4.69, 9.17) is 5.73 Å². The molecule has 0 aromatic carbocycles. The van der Waals surface area contributed by atoms with Gasteiger partial charge in [0.25, 0.3) is 0 Å². The number of nitrogens with one attached hydrogen (secondary N) is 1. The van der Waals surface area contributed by atoms with Crippen LogP contribution >= 0.6 is 0 Å². The zero-order valence-electron chi connectivity index (χ0n) is 8.41. The van der Waals surface area contributed by atoms with Crippen LogP contribution in [0.25, 0.3) is 0 Å². The van der Waals surface area contributed by atoms with Gasteiger partial charge in [0.1, 0.15) is 0 Å². The van der Waals surface area contributed by atoms with Crippen molar-refractivity contribution in [3.05, 3.63) is 12.2 Å². The molecule has 2 atom stereocenters. The number of carbonyl (C=O) groups is 1. The minimum absolute atomic E-state index is 0.0186. The largest absolute Gasteiger partial charge is 0.355 e. The van der Waals surface area contributed by atoms with E-state index in [-0.39, 0.29) is 17.9 Å². The summed E-state index contributed by atoms with van der Waals surface area (Å²) >= 11 is 0. The summed E-state index contributed by atoms with van der Waals surface area (Å²) in [5.41, 5.74) is 5.69. The van der Waals surface area contributed by atoms with E-state index in [1.54, 1.807) is 0 Å². The Labute approximate surface area is 84.7 Å². The first-order chi connectivity index (χ1) is 6.75. The molecule has 0 saturated heterocycles. The van der Waals surface area contributed by atoms with Crippen molar-refractivity contribution in [3.8, 4) is 0 Å². The average Bonchev–Trinajstić information content (AvgIpc) is 2.49. The minimum Gasteiger partial charge on any atom is -0.355 e. The Bertz CT molecular complexity index is 246. The van der Waals surface area contributed by atoms with Gasteiger partial charge in [-0.05, 0) is 25.2 Å². The van der Waals surface area contributed by atoms with E-state index in [9.17, 15) is 4.79 Å². The molecule has 3 nitrogen and oxygen atoms in total. The maximum absolute atomic E-state index is 11.6. The van der Waals surface area contributed by atoms with Gasteiger partial charge in [-0.3, -0.25) is 4.79 Å². The predicted octanol–water partition coefficient (Wildman–Crippen LogP) is 0.806. The standard InChI is InChI=1S/C11H18N2O/c12-10-5-4-9(6-10)11(14)13-7-8-2-1-3-8/h4-5,8-10H,1-3,6-7,12H2,(H,13,14). The molecule has 0 radical (unpaired) electrons. The summed E-state index contributed by atoms with van der Waals surface area (Å²) in [7, 11) is 0. The third-order valence-electron chi connectivity index (χ3n) is 3.24. The molecule has 3 heteroatoms. The maximum atomic E-state index is 11.6. The second-order valence-corrected chi connectivity index (χ2v) is 4.43. The third-order valence-corrected chi connectivity index (χ3v) is 3.24. The van der Waals surface area contributed by atoms with Crippen molar-refractivity contribution in [3.63, 3.8) is 0 Å². The van der Waals surface area contributed by atoms with E-state index in [0.717, 1.165) is 18.9 Å². The first-order valence-corrected chi connectivity index (χ1v) is 5.47. The number of hydrogen-bond acceptors (Lipinski definition) is 2. The van der Waals surface area contributed by atoms with Crippen molar-refractivity contribution in [2.45, 2.75) is 31.7 Å². The van der Waals surface area contributed by atoms with Gasteiger partial charge in [-0.15, -0.1) is 0 Å². The van der Waals surface area contributed by atoms with Gasteiger partial charge in [0.05, 0.1) is 5.92 Å². The molecule has 2 aliphatic rings. The molecule has 3 N–H and O–H groups in total. The van der Waals surface area contributed by atoms with E-state index < -0.39 is 0 Å². The number of hydrogen-bond donors (Lipinski definition) is 2. The molecular weight excluding hydrogens is 176 g/mol. The predicted molar refractivity (Wildman–Crippen MR) is 55.6 cm³/mol. The van der Waals surface area contributed by atoms with E-state index in [1.165, 1.54) is 19.3 Å². The Hall–Kier alpha value is -0.830. The molecule has 14 heavy (non-hydrogen) atoms. The Balaban J connectivity index is 1.70. The molecule has 1 amide bonds. The minimum atomic E-state index is 0.0186. The molecule has 1 fully saturated rings. The fourth-order valence-corrected chi connectivity index (χ4v) is 1.99. The van der Waals surface area contributed by atoms with Crippen LogP contribution in [0.1, 0.15) is 25.7 Å². The van der Waals surface area contributed by atoms with Crippen LogP contribution in [0.15, 0.2) is 12.2 Å². The van der Waals surface area contributed by atoms with Crippen LogP contribution in [0.3, 0.4) is 0 Å². The Morgan fingerprint density at radius 3 is 2.71 bits per heavy atom. The van der Waals surface area contributed by atoms with Crippen LogP contribution < -0.4 is 11.1 Å². The Morgan fingerprint density at radius 1 is 1.43 bits per heavy atom. The monoisotopic (exact) mass is 194 g/mol. The van der Waals surface area contributed by atoms with Gasteiger partial charge < -0.3 is 11.1 Å². The summed E-state index contributed by atoms with van der Waals surface area (Å²) in [6, 6.07) is 0.0782. The van der Waals surface area contributed by atoms with Gasteiger partial charge in [0, 0.05) is 12.6 Å². The summed E-state index contributed by atoms with van der Waals surface area (Å²) in [6.07, 6.45) is 8.51. The fraction of sp³-hybridized carbons (Fsp3) is 0.727. The number of rotatable bonds is 3. The summed E-state index contributed by atoms with van der Waals surface area (Å²) in [4.78, 5) is 11.6. The highest BCUT2D eigenvalue weighted by Crippen LogP contribution is 2.25. The highest BCUT2D eigenvalue weighted by molar-refractivity contribution is 5.81. The molecule has 78 valence electrons. The van der Waals surface area contributed by atoms with Crippen LogP contribution in [0.4, 0.5) is 0 Å². The lowest BCUT2D eigenvalue weighted by atomic mass is 9.85. The lowest BCUT2D eigenvalue weighted by molar-refractivity contribution is -0.123. The van der Waals surface area contributed by atoms with Crippen molar-refractivity contribution >= 4 is 5.91 Å². The topological polar surface area (TPSA) is 55.1 Å². The molecule has 0 aromatic heterocycles. The van der Waals surface area contributed by atoms with Crippen molar-refractivity contribution in [1.29, 1.82) is 0 Å². The molecule has 1 saturated carbocycles. The van der Waals surface area contributed by atoms with Crippen LogP contribution in [0.5, 0.6) is 0 Å². The van der Waals surface area contributed by atoms with E-state index in [1.807, 2.05) is 12.2 Å². The van der Waals surface area contributed by atoms with Gasteiger partial charge in [-0.25, -0.2) is 0 Å². The first-order valence-electron chi connectivity index (χ1n) is 5.47. The highest BCUT2D eigenvalue weighted by atomic mass is 16.1. The number of amides is 1. The number of carbonyl (C=O) groups excluding carboxylic acids is 1. The maximum Gasteiger partial charge on any atom is 0.227 e. The van der Waals surface area contributed by atoms with Crippen LogP contribution in [0.2, 0.25) is 0 Å². The zero-order chi connectivity index (χ0) is 9.97. The lowest BCUT2D eigenvalue weighted by Crippen LogP contribution is -2.36. The second kappa shape index (κ2) is 4.13. The van der Waals surface area contributed by atoms with Gasteiger partial charge in [-0.1, -0.05) is 18.6 Å². The van der Waals surface area contributed by atoms with Crippen molar-refractivity contribution in [2.75, 3.05) is 6.54 Å². The molecule has 0 spiro atoms. The normalized spacial score (nSPS) is 31.5. The Morgan fingerprint density at radius 2 is 2.21 bits per heavy atom. The quantitative estimate of drug-likeness (QED) is 0.653. The van der Waals surface area contributed by atoms with Crippen molar-refractivity contribution in [1.82, 2.24) is 5.32 Å². The lowest BCUT2D eigenvalue weighted by Gasteiger charge is -2.25. The van der Waals surface area contributed by atoms with Crippen LogP contribution in [-0.4, -0.2) is 18.5 Å². The number of nitrogens with two attached hydrogens (primary N) is 1. The SMILES string of the molecule is NC1C=CC(C(=O)NCC2CCC2)C1. The van der Waals surface area contributed by atoms with Gasteiger partial charge >= 0.3 is 0 Å². The fourth-order valence-electron chi connectivity index (χ4n) is 1.99. The van der Waals surface area contributed by atoms with Gasteiger partial charge in [0.2, 0.25) is 5.91 Å². The van der Waals surface area contributed by atoms with Gasteiger partial charge in [0.15, 0.2) is 0 Å². The van der Waals surface area contributed by atoms with E-state index in [2.05, 4.69) is 5.32 Å². The molecule has 2 unspecified atom stereocenters. The zero-order valence-corrected chi connectivity index (χ0v) is 8.41. The molecule has 0 aliphatic heterocycles.